The molecule has 7 nitrogen and oxygen atoms in total. The van der Waals surface area contributed by atoms with Gasteiger partial charge in [0.1, 0.15) is 16.6 Å². The van der Waals surface area contributed by atoms with Crippen molar-refractivity contribution in [2.75, 3.05) is 6.61 Å². The van der Waals surface area contributed by atoms with Crippen LogP contribution in [-0.2, 0) is 17.6 Å². The van der Waals surface area contributed by atoms with Gasteiger partial charge in [0.15, 0.2) is 0 Å². The summed E-state index contributed by atoms with van der Waals surface area (Å²) >= 11 is 1.44. The van der Waals surface area contributed by atoms with Gasteiger partial charge in [-0.3, -0.25) is 9.78 Å². The molecular weight excluding hydrogens is 366 g/mol. The van der Waals surface area contributed by atoms with Gasteiger partial charge in [-0.1, -0.05) is 0 Å². The maximum Gasteiger partial charge on any atom is 0.341 e. The van der Waals surface area contributed by atoms with Gasteiger partial charge in [-0.2, -0.15) is 5.26 Å². The van der Waals surface area contributed by atoms with Crippen molar-refractivity contribution in [3.05, 3.63) is 43.0 Å². The molecule has 0 spiro atoms. The molecule has 0 fully saturated rings. The number of nitrogens with zero attached hydrogens (tertiary/aromatic N) is 2. The third-order valence-electron chi connectivity index (χ3n) is 4.55. The zero-order valence-corrected chi connectivity index (χ0v) is 15.9. The zero-order valence-electron chi connectivity index (χ0n) is 15.1. The number of aromatic nitrogens is 1. The molecule has 0 bridgehead atoms. The summed E-state index contributed by atoms with van der Waals surface area (Å²) in [5.74, 6) is -0.761. The summed E-state index contributed by atoms with van der Waals surface area (Å²) in [6, 6.07) is 1.83. The minimum absolute atomic E-state index is 0.0784. The second-order valence-corrected chi connectivity index (χ2v) is 7.28. The van der Waals surface area contributed by atoms with Gasteiger partial charge in [0.2, 0.25) is 5.88 Å². The maximum absolute atomic E-state index is 12.5. The Morgan fingerprint density at radius 3 is 2.89 bits per heavy atom. The lowest BCUT2D eigenvalue weighted by atomic mass is 9.95. The van der Waals surface area contributed by atoms with E-state index in [1.165, 1.54) is 17.6 Å². The topological polar surface area (TPSA) is 116 Å². The van der Waals surface area contributed by atoms with Gasteiger partial charge >= 0.3 is 5.97 Å². The highest BCUT2D eigenvalue weighted by atomic mass is 32.1. The summed E-state index contributed by atoms with van der Waals surface area (Å²) in [5, 5.41) is 19.7. The molecule has 0 saturated carbocycles. The van der Waals surface area contributed by atoms with Crippen molar-refractivity contribution < 1.29 is 14.6 Å². The monoisotopic (exact) mass is 385 g/mol. The first-order valence-corrected chi connectivity index (χ1v) is 9.51. The van der Waals surface area contributed by atoms with Crippen molar-refractivity contribution in [3.8, 4) is 11.9 Å². The third-order valence-corrected chi connectivity index (χ3v) is 5.75. The van der Waals surface area contributed by atoms with Crippen LogP contribution in [0.4, 0.5) is 5.00 Å². The highest BCUT2D eigenvalue weighted by Crippen LogP contribution is 2.40. The molecule has 2 aromatic heterocycles. The first kappa shape index (κ1) is 18.9. The largest absolute Gasteiger partial charge is 0.494 e. The fourth-order valence-electron chi connectivity index (χ4n) is 3.19. The number of aromatic amines is 1. The second kappa shape index (κ2) is 7.76. The summed E-state index contributed by atoms with van der Waals surface area (Å²) in [6.07, 6.45) is 5.19. The number of hydrogen-bond acceptors (Lipinski definition) is 7. The van der Waals surface area contributed by atoms with Crippen LogP contribution < -0.4 is 5.56 Å². The van der Waals surface area contributed by atoms with Crippen LogP contribution in [-0.4, -0.2) is 28.9 Å². The van der Waals surface area contributed by atoms with Gasteiger partial charge < -0.3 is 9.84 Å². The number of hydrogen-bond donors (Lipinski definition) is 2. The Bertz CT molecular complexity index is 1030. The molecule has 3 rings (SSSR count). The molecular formula is C19H19N3O4S. The average Bonchev–Trinajstić information content (AvgIpc) is 3.00. The van der Waals surface area contributed by atoms with E-state index < -0.39 is 11.5 Å². The first-order chi connectivity index (χ1) is 13.0. The number of H-pyrrole nitrogens is 1. The van der Waals surface area contributed by atoms with Gasteiger partial charge in [-0.05, 0) is 50.7 Å². The van der Waals surface area contributed by atoms with E-state index >= 15 is 0 Å². The number of aryl methyl sites for hydroxylation is 1. The Hall–Kier alpha value is -2.92. The van der Waals surface area contributed by atoms with Crippen molar-refractivity contribution in [2.24, 2.45) is 4.99 Å². The number of rotatable bonds is 4. The molecule has 27 heavy (non-hydrogen) atoms. The van der Waals surface area contributed by atoms with Crippen LogP contribution in [0, 0.1) is 18.3 Å². The number of nitrogens with one attached hydrogen (secondary N) is 1. The van der Waals surface area contributed by atoms with E-state index in [4.69, 9.17) is 10.00 Å². The molecule has 0 saturated heterocycles. The van der Waals surface area contributed by atoms with Crippen LogP contribution >= 0.6 is 11.3 Å². The normalized spacial score (nSPS) is 13.4. The number of carbonyl (C=O) groups excluding carboxylic acids is 1. The van der Waals surface area contributed by atoms with E-state index in [0.29, 0.717) is 16.1 Å². The molecule has 0 amide bonds. The molecule has 0 unspecified atom stereocenters. The lowest BCUT2D eigenvalue weighted by Gasteiger charge is -2.11. The quantitative estimate of drug-likeness (QED) is 0.620. The van der Waals surface area contributed by atoms with Crippen molar-refractivity contribution in [3.63, 3.8) is 0 Å². The van der Waals surface area contributed by atoms with Gasteiger partial charge in [0.05, 0.1) is 17.7 Å². The van der Waals surface area contributed by atoms with Crippen LogP contribution in [0.2, 0.25) is 0 Å². The molecule has 0 atom stereocenters. The van der Waals surface area contributed by atoms with E-state index in [1.54, 1.807) is 13.8 Å². The van der Waals surface area contributed by atoms with E-state index in [2.05, 4.69) is 9.98 Å². The molecule has 1 aliphatic rings. The summed E-state index contributed by atoms with van der Waals surface area (Å²) in [7, 11) is 0. The van der Waals surface area contributed by atoms with Gasteiger partial charge in [-0.25, -0.2) is 9.79 Å². The first-order valence-electron chi connectivity index (χ1n) is 8.69. The standard InChI is InChI=1S/C19H19N3O4S/c1-3-26-19(25)15-11-6-4-5-7-14(11)27-18(15)21-9-13-10(2)12(8-20)16(23)22-17(13)24/h9H,3-7H2,1-2H3,(H2,22,23,24). The van der Waals surface area contributed by atoms with E-state index in [9.17, 15) is 14.7 Å². The van der Waals surface area contributed by atoms with Crippen molar-refractivity contribution >= 4 is 28.5 Å². The molecule has 8 heteroatoms. The zero-order chi connectivity index (χ0) is 19.6. The maximum atomic E-state index is 12.5. The SMILES string of the molecule is CCOC(=O)c1c(N=Cc2c(O)[nH]c(=O)c(C#N)c2C)sc2c1CCCC2. The fraction of sp³-hybridized carbons (Fsp3) is 0.368. The van der Waals surface area contributed by atoms with Crippen molar-refractivity contribution in [2.45, 2.75) is 39.5 Å². The number of thiophene rings is 1. The number of fused-ring (bicyclic) bond motifs is 1. The Morgan fingerprint density at radius 2 is 2.19 bits per heavy atom. The number of pyridine rings is 1. The van der Waals surface area contributed by atoms with E-state index in [-0.39, 0.29) is 23.6 Å². The predicted molar refractivity (Wildman–Crippen MR) is 102 cm³/mol. The highest BCUT2D eigenvalue weighted by molar-refractivity contribution is 7.16. The summed E-state index contributed by atoms with van der Waals surface area (Å²) in [5.41, 5.74) is 1.33. The molecule has 2 heterocycles. The lowest BCUT2D eigenvalue weighted by molar-refractivity contribution is 0.0526. The number of aromatic hydroxyl groups is 1. The van der Waals surface area contributed by atoms with Crippen LogP contribution in [0.3, 0.4) is 0 Å². The molecule has 2 N–H and O–H groups in total. The van der Waals surface area contributed by atoms with Crippen LogP contribution in [0.5, 0.6) is 5.88 Å². The van der Waals surface area contributed by atoms with Crippen LogP contribution in [0.25, 0.3) is 0 Å². The van der Waals surface area contributed by atoms with Gasteiger partial charge in [-0.15, -0.1) is 11.3 Å². The number of carbonyl (C=O) groups is 1. The summed E-state index contributed by atoms with van der Waals surface area (Å²) in [6.45, 7) is 3.60. The third kappa shape index (κ3) is 3.51. The number of esters is 1. The molecule has 0 aliphatic heterocycles. The molecule has 1 aliphatic carbocycles. The van der Waals surface area contributed by atoms with Gasteiger partial charge in [0, 0.05) is 11.1 Å². The minimum atomic E-state index is -0.650. The minimum Gasteiger partial charge on any atom is -0.494 e. The van der Waals surface area contributed by atoms with E-state index in [0.717, 1.165) is 36.1 Å². The molecule has 0 aromatic carbocycles. The van der Waals surface area contributed by atoms with Crippen LogP contribution in [0.15, 0.2) is 9.79 Å². The number of ether oxygens (including phenoxy) is 1. The Labute approximate surface area is 160 Å². The average molecular weight is 385 g/mol. The Morgan fingerprint density at radius 1 is 1.44 bits per heavy atom. The van der Waals surface area contributed by atoms with Crippen molar-refractivity contribution in [1.82, 2.24) is 4.98 Å². The van der Waals surface area contributed by atoms with Crippen LogP contribution in [0.1, 0.15) is 57.3 Å². The second-order valence-electron chi connectivity index (χ2n) is 6.20. The summed E-state index contributed by atoms with van der Waals surface area (Å²) in [4.78, 5) is 32.0. The lowest BCUT2D eigenvalue weighted by Crippen LogP contribution is -2.14. The fourth-order valence-corrected chi connectivity index (χ4v) is 4.41. The van der Waals surface area contributed by atoms with E-state index in [1.807, 2.05) is 6.07 Å². The number of aliphatic imine (C=N–C) groups is 1. The summed E-state index contributed by atoms with van der Waals surface area (Å²) < 4.78 is 5.20. The molecule has 140 valence electrons. The molecule has 0 radical (unpaired) electrons. The smallest absolute Gasteiger partial charge is 0.341 e. The Kier molecular flexibility index (Phi) is 5.42. The highest BCUT2D eigenvalue weighted by Gasteiger charge is 2.26. The van der Waals surface area contributed by atoms with Gasteiger partial charge in [0.25, 0.3) is 5.56 Å². The number of nitriles is 1. The van der Waals surface area contributed by atoms with Crippen molar-refractivity contribution in [1.29, 1.82) is 5.26 Å². The molecule has 2 aromatic rings. The Balaban J connectivity index is 2.09. The predicted octanol–water partition coefficient (Wildman–Crippen LogP) is 3.13.